The number of carbonyl (C=O) groups excluding carboxylic acids is 1. The number of aryl methyl sites for hydroxylation is 1. The van der Waals surface area contributed by atoms with Crippen LogP contribution in [-0.2, 0) is 10.7 Å². The van der Waals surface area contributed by atoms with E-state index in [1.54, 1.807) is 6.92 Å². The monoisotopic (exact) mass is 407 g/mol. The molecule has 1 fully saturated rings. The molecular weight excluding hydrogens is 390 g/mol. The molecule has 1 amide bonds. The number of halogens is 4. The fourth-order valence-corrected chi connectivity index (χ4v) is 3.26. The van der Waals surface area contributed by atoms with Crippen LogP contribution in [0.15, 0.2) is 24.5 Å². The number of anilines is 1. The van der Waals surface area contributed by atoms with Gasteiger partial charge in [-0.1, -0.05) is 0 Å². The first-order chi connectivity index (χ1) is 13.5. The van der Waals surface area contributed by atoms with Gasteiger partial charge in [0.25, 0.3) is 5.92 Å². The molecule has 0 saturated heterocycles. The minimum Gasteiger partial charge on any atom is -0.336 e. The molecule has 3 heterocycles. The molecular formula is C19H17F4N5O. The summed E-state index contributed by atoms with van der Waals surface area (Å²) >= 11 is 0. The molecule has 1 aliphatic rings. The number of aromatic nitrogens is 4. The molecule has 1 aliphatic carbocycles. The first kappa shape index (κ1) is 19.3. The number of amides is 1. The topological polar surface area (TPSA) is 72.7 Å². The van der Waals surface area contributed by atoms with Crippen molar-refractivity contribution in [2.45, 2.75) is 45.1 Å². The van der Waals surface area contributed by atoms with E-state index < -0.39 is 23.7 Å². The maximum atomic E-state index is 13.8. The van der Waals surface area contributed by atoms with Crippen molar-refractivity contribution in [3.05, 3.63) is 36.0 Å². The average molecular weight is 407 g/mol. The van der Waals surface area contributed by atoms with Crippen molar-refractivity contribution >= 4 is 22.6 Å². The SMILES string of the molecule is CC(=O)Nc1cc2c(-c3cc(C)nc(C(C)(F)F)n3)cn(C3CC3(F)F)c2cn1. The average Bonchev–Trinajstić information content (AvgIpc) is 3.07. The van der Waals surface area contributed by atoms with Crippen LogP contribution >= 0.6 is 0 Å². The van der Waals surface area contributed by atoms with Gasteiger partial charge in [0.2, 0.25) is 5.91 Å². The Bertz CT molecular complexity index is 1140. The summed E-state index contributed by atoms with van der Waals surface area (Å²) in [5.41, 5.74) is 1.28. The van der Waals surface area contributed by atoms with Crippen LogP contribution in [0.2, 0.25) is 0 Å². The third-order valence-corrected chi connectivity index (χ3v) is 4.68. The summed E-state index contributed by atoms with van der Waals surface area (Å²) in [5, 5.41) is 3.00. The molecule has 0 spiro atoms. The molecule has 29 heavy (non-hydrogen) atoms. The Hall–Kier alpha value is -3.04. The van der Waals surface area contributed by atoms with Gasteiger partial charge in [-0.05, 0) is 19.1 Å². The number of fused-ring (bicyclic) bond motifs is 1. The fourth-order valence-electron chi connectivity index (χ4n) is 3.26. The molecule has 4 rings (SSSR count). The van der Waals surface area contributed by atoms with Gasteiger partial charge in [0.1, 0.15) is 11.9 Å². The van der Waals surface area contributed by atoms with Gasteiger partial charge in [0.15, 0.2) is 5.82 Å². The summed E-state index contributed by atoms with van der Waals surface area (Å²) in [6.45, 7) is 3.56. The lowest BCUT2D eigenvalue weighted by molar-refractivity contribution is -0.114. The second-order valence-corrected chi connectivity index (χ2v) is 7.31. The van der Waals surface area contributed by atoms with E-state index in [1.165, 1.54) is 36.0 Å². The van der Waals surface area contributed by atoms with E-state index >= 15 is 0 Å². The van der Waals surface area contributed by atoms with Crippen LogP contribution in [0.3, 0.4) is 0 Å². The summed E-state index contributed by atoms with van der Waals surface area (Å²) < 4.78 is 56.5. The molecule has 1 saturated carbocycles. The lowest BCUT2D eigenvalue weighted by atomic mass is 10.1. The standard InChI is InChI=1S/C19H17F4N5O/c1-9-4-13(27-17(25-9)18(3,20)21)12-8-28(15-6-19(15,22)23)14-7-24-16(5-11(12)14)26-10(2)29/h4-5,7-8,15H,6H2,1-3H3,(H,24,26,29). The lowest BCUT2D eigenvalue weighted by Gasteiger charge is -2.11. The summed E-state index contributed by atoms with van der Waals surface area (Å²) in [6.07, 6.45) is 2.53. The van der Waals surface area contributed by atoms with Gasteiger partial charge in [0, 0.05) is 43.1 Å². The molecule has 10 heteroatoms. The first-order valence-corrected chi connectivity index (χ1v) is 8.86. The molecule has 0 bridgehead atoms. The molecule has 6 nitrogen and oxygen atoms in total. The van der Waals surface area contributed by atoms with Crippen molar-refractivity contribution in [1.82, 2.24) is 19.5 Å². The quantitative estimate of drug-likeness (QED) is 0.649. The maximum Gasteiger partial charge on any atom is 0.303 e. The highest BCUT2D eigenvalue weighted by Crippen LogP contribution is 2.54. The Balaban J connectivity index is 1.94. The lowest BCUT2D eigenvalue weighted by Crippen LogP contribution is -2.13. The van der Waals surface area contributed by atoms with Crippen molar-refractivity contribution in [1.29, 1.82) is 0 Å². The van der Waals surface area contributed by atoms with E-state index in [1.807, 2.05) is 0 Å². The number of pyridine rings is 1. The Morgan fingerprint density at radius 3 is 2.59 bits per heavy atom. The second kappa shape index (κ2) is 6.23. The second-order valence-electron chi connectivity index (χ2n) is 7.31. The zero-order valence-corrected chi connectivity index (χ0v) is 15.8. The van der Waals surface area contributed by atoms with Crippen LogP contribution in [0.4, 0.5) is 23.4 Å². The highest BCUT2D eigenvalue weighted by Gasteiger charge is 2.58. The number of rotatable bonds is 4. The number of nitrogens with zero attached hydrogens (tertiary/aromatic N) is 4. The van der Waals surface area contributed by atoms with E-state index in [0.29, 0.717) is 29.1 Å². The zero-order chi connectivity index (χ0) is 21.1. The van der Waals surface area contributed by atoms with E-state index in [4.69, 9.17) is 0 Å². The first-order valence-electron chi connectivity index (χ1n) is 8.86. The van der Waals surface area contributed by atoms with Gasteiger partial charge >= 0.3 is 5.92 Å². The van der Waals surface area contributed by atoms with Gasteiger partial charge in [-0.15, -0.1) is 0 Å². The number of nitrogens with one attached hydrogen (secondary N) is 1. The molecule has 152 valence electrons. The number of carbonyl (C=O) groups is 1. The van der Waals surface area contributed by atoms with Crippen molar-refractivity contribution in [3.63, 3.8) is 0 Å². The summed E-state index contributed by atoms with van der Waals surface area (Å²) in [7, 11) is 0. The summed E-state index contributed by atoms with van der Waals surface area (Å²) in [6, 6.07) is 1.99. The van der Waals surface area contributed by atoms with Crippen LogP contribution < -0.4 is 5.32 Å². The van der Waals surface area contributed by atoms with Crippen LogP contribution in [0, 0.1) is 6.92 Å². The molecule has 1 N–H and O–H groups in total. The maximum absolute atomic E-state index is 13.8. The largest absolute Gasteiger partial charge is 0.336 e. The van der Waals surface area contributed by atoms with Gasteiger partial charge in [-0.3, -0.25) is 4.79 Å². The smallest absolute Gasteiger partial charge is 0.303 e. The van der Waals surface area contributed by atoms with Crippen molar-refractivity contribution < 1.29 is 22.4 Å². The Kier molecular flexibility index (Phi) is 4.14. The normalized spacial score (nSPS) is 18.1. The van der Waals surface area contributed by atoms with Crippen LogP contribution in [0.1, 0.15) is 37.8 Å². The van der Waals surface area contributed by atoms with Crippen molar-refractivity contribution in [2.24, 2.45) is 0 Å². The number of hydrogen-bond acceptors (Lipinski definition) is 4. The minimum absolute atomic E-state index is 0.182. The highest BCUT2D eigenvalue weighted by molar-refractivity contribution is 5.98. The summed E-state index contributed by atoms with van der Waals surface area (Å²) in [5.74, 6) is -6.88. The Morgan fingerprint density at radius 1 is 1.31 bits per heavy atom. The van der Waals surface area contributed by atoms with Crippen LogP contribution in [0.25, 0.3) is 22.2 Å². The third kappa shape index (κ3) is 3.54. The molecule has 3 aromatic rings. The third-order valence-electron chi connectivity index (χ3n) is 4.68. The van der Waals surface area contributed by atoms with Gasteiger partial charge < -0.3 is 9.88 Å². The predicted molar refractivity (Wildman–Crippen MR) is 98.0 cm³/mol. The Labute approximate surface area is 163 Å². The molecule has 0 aromatic carbocycles. The molecule has 1 atom stereocenters. The Morgan fingerprint density at radius 2 is 2.00 bits per heavy atom. The molecule has 3 aromatic heterocycles. The molecule has 0 aliphatic heterocycles. The van der Waals surface area contributed by atoms with E-state index in [9.17, 15) is 22.4 Å². The predicted octanol–water partition coefficient (Wildman–Crippen LogP) is 4.45. The minimum atomic E-state index is -3.26. The molecule has 1 unspecified atom stereocenters. The van der Waals surface area contributed by atoms with Gasteiger partial charge in [0.05, 0.1) is 17.4 Å². The number of alkyl halides is 4. The highest BCUT2D eigenvalue weighted by atomic mass is 19.3. The fraction of sp³-hybridized carbons (Fsp3) is 0.368. The molecule has 0 radical (unpaired) electrons. The van der Waals surface area contributed by atoms with E-state index in [-0.39, 0.29) is 23.8 Å². The van der Waals surface area contributed by atoms with Gasteiger partial charge in [-0.2, -0.15) is 8.78 Å². The van der Waals surface area contributed by atoms with Crippen LogP contribution in [-0.4, -0.2) is 31.3 Å². The van der Waals surface area contributed by atoms with Crippen LogP contribution in [0.5, 0.6) is 0 Å². The summed E-state index contributed by atoms with van der Waals surface area (Å²) in [4.78, 5) is 23.2. The zero-order valence-electron chi connectivity index (χ0n) is 15.8. The van der Waals surface area contributed by atoms with Crippen molar-refractivity contribution in [3.8, 4) is 11.3 Å². The van der Waals surface area contributed by atoms with Gasteiger partial charge in [-0.25, -0.2) is 23.7 Å². The van der Waals surface area contributed by atoms with E-state index in [0.717, 1.165) is 0 Å². The van der Waals surface area contributed by atoms with Crippen molar-refractivity contribution in [2.75, 3.05) is 5.32 Å². The number of hydrogen-bond donors (Lipinski definition) is 1. The van der Waals surface area contributed by atoms with E-state index in [2.05, 4.69) is 20.3 Å².